The average molecular weight is 660 g/mol. The monoisotopic (exact) mass is 659 g/mol. The minimum atomic E-state index is -0.833. The van der Waals surface area contributed by atoms with Gasteiger partial charge in [-0.15, -0.1) is 10.2 Å². The molecule has 2 atom stereocenters. The Labute approximate surface area is 274 Å². The number of ether oxygens (including phenoxy) is 4. The highest BCUT2D eigenvalue weighted by Crippen LogP contribution is 2.32. The zero-order valence-electron chi connectivity index (χ0n) is 26.3. The number of amides is 3. The van der Waals surface area contributed by atoms with E-state index in [9.17, 15) is 14.4 Å². The fourth-order valence-electron chi connectivity index (χ4n) is 5.17. The second-order valence-corrected chi connectivity index (χ2v) is 10.7. The lowest BCUT2D eigenvalue weighted by Crippen LogP contribution is -2.45. The number of carboxylic acid groups (broad SMARTS) is 1. The van der Waals surface area contributed by atoms with Crippen LogP contribution in [-0.4, -0.2) is 100 Å². The van der Waals surface area contributed by atoms with Crippen LogP contribution in [0.25, 0.3) is 11.4 Å². The number of hydrogen-bond acceptors (Lipinski definition) is 11. The molecule has 7 rings (SSSR count). The summed E-state index contributed by atoms with van der Waals surface area (Å²) in [5.41, 5.74) is 1.96. The number of rotatable bonds is 4. The molecular weight excluding hydrogens is 626 g/mol. The van der Waals surface area contributed by atoms with E-state index in [1.165, 1.54) is 20.3 Å². The van der Waals surface area contributed by atoms with Gasteiger partial charge in [-0.25, -0.2) is 0 Å². The Morgan fingerprint density at radius 1 is 0.979 bits per heavy atom. The summed E-state index contributed by atoms with van der Waals surface area (Å²) >= 11 is 0. The molecule has 4 aromatic rings. The fourth-order valence-corrected chi connectivity index (χ4v) is 5.17. The third-order valence-corrected chi connectivity index (χ3v) is 7.39. The topological polar surface area (TPSA) is 207 Å². The molecule has 4 bridgehead atoms. The van der Waals surface area contributed by atoms with Gasteiger partial charge in [0.15, 0.2) is 29.6 Å². The first kappa shape index (κ1) is 33.2. The van der Waals surface area contributed by atoms with E-state index in [-0.39, 0.29) is 55.2 Å². The van der Waals surface area contributed by atoms with Gasteiger partial charge in [0, 0.05) is 31.1 Å². The normalized spacial score (nSPS) is 17.3. The number of aromatic nitrogens is 4. The number of hydrogen-bond donors (Lipinski definition) is 4. The zero-order valence-corrected chi connectivity index (χ0v) is 26.3. The van der Waals surface area contributed by atoms with Crippen molar-refractivity contribution in [2.24, 2.45) is 0 Å². The predicted molar refractivity (Wildman–Crippen MR) is 168 cm³/mol. The van der Waals surface area contributed by atoms with Crippen molar-refractivity contribution in [2.75, 3.05) is 33.9 Å². The summed E-state index contributed by atoms with van der Waals surface area (Å²) < 4.78 is 23.1. The van der Waals surface area contributed by atoms with Crippen LogP contribution in [0.15, 0.2) is 60.7 Å². The first-order valence-electron chi connectivity index (χ1n) is 14.7. The number of benzene rings is 3. The Hall–Kier alpha value is -6.19. The Bertz CT molecular complexity index is 1790. The Kier molecular flexibility index (Phi) is 10.3. The quantitative estimate of drug-likeness (QED) is 0.247. The van der Waals surface area contributed by atoms with Crippen LogP contribution in [0.2, 0.25) is 0 Å². The number of tetrazole rings is 1. The van der Waals surface area contributed by atoms with Crippen LogP contribution < -0.4 is 29.6 Å². The number of aliphatic carboxylic acids is 1. The molecule has 0 unspecified atom stereocenters. The molecule has 48 heavy (non-hydrogen) atoms. The Morgan fingerprint density at radius 3 is 2.48 bits per heavy atom. The third-order valence-electron chi connectivity index (χ3n) is 7.39. The van der Waals surface area contributed by atoms with E-state index in [0.717, 1.165) is 12.5 Å². The number of nitrogens with zero attached hydrogens (tertiary/aromatic N) is 4. The number of methoxy groups -OCH3 is 2. The second-order valence-electron chi connectivity index (χ2n) is 10.7. The summed E-state index contributed by atoms with van der Waals surface area (Å²) in [4.78, 5) is 50.5. The van der Waals surface area contributed by atoms with Crippen molar-refractivity contribution < 1.29 is 43.2 Å². The smallest absolute Gasteiger partial charge is 0.300 e. The van der Waals surface area contributed by atoms with Crippen LogP contribution in [0.1, 0.15) is 33.2 Å². The molecule has 0 spiro atoms. The van der Waals surface area contributed by atoms with Crippen LogP contribution in [-0.2, 0) is 16.1 Å². The van der Waals surface area contributed by atoms with Crippen molar-refractivity contribution in [3.05, 3.63) is 77.4 Å². The molecule has 3 amide bonds. The van der Waals surface area contributed by atoms with Gasteiger partial charge in [-0.2, -0.15) is 5.21 Å². The van der Waals surface area contributed by atoms with Crippen LogP contribution in [0, 0.1) is 0 Å². The molecular formula is C32H33N7O9. The molecule has 16 nitrogen and oxygen atoms in total. The summed E-state index contributed by atoms with van der Waals surface area (Å²) in [6.45, 7) is 1.35. The van der Waals surface area contributed by atoms with E-state index in [2.05, 4.69) is 31.3 Å². The van der Waals surface area contributed by atoms with E-state index >= 15 is 0 Å². The number of fused-ring (bicyclic) bond motifs is 7. The molecule has 4 heterocycles. The van der Waals surface area contributed by atoms with Gasteiger partial charge in [0.05, 0.1) is 32.4 Å². The minimum Gasteiger partial charge on any atom is -0.493 e. The van der Waals surface area contributed by atoms with Gasteiger partial charge >= 0.3 is 0 Å². The maximum atomic E-state index is 13.9. The van der Waals surface area contributed by atoms with Gasteiger partial charge < -0.3 is 39.6 Å². The molecule has 0 radical (unpaired) electrons. The van der Waals surface area contributed by atoms with Gasteiger partial charge in [0.2, 0.25) is 5.82 Å². The lowest BCUT2D eigenvalue weighted by molar-refractivity contribution is -0.134. The largest absolute Gasteiger partial charge is 0.493 e. The van der Waals surface area contributed by atoms with Gasteiger partial charge in [-0.3, -0.25) is 19.2 Å². The number of carboxylic acids is 1. The van der Waals surface area contributed by atoms with Crippen molar-refractivity contribution >= 4 is 23.7 Å². The number of likely N-dealkylation sites (tertiary alicyclic amines) is 1. The summed E-state index contributed by atoms with van der Waals surface area (Å²) in [5.74, 6) is -0.141. The first-order chi connectivity index (χ1) is 23.2. The number of H-pyrrole nitrogens is 1. The van der Waals surface area contributed by atoms with Crippen LogP contribution in [0.3, 0.4) is 0 Å². The van der Waals surface area contributed by atoms with Crippen LogP contribution >= 0.6 is 0 Å². The van der Waals surface area contributed by atoms with E-state index in [4.69, 9.17) is 28.8 Å². The summed E-state index contributed by atoms with van der Waals surface area (Å²) in [5, 5.41) is 27.3. The SMILES string of the molecule is CC(=O)O.COc1ccc2cc1OCC(=O)NCc1ccc(c(OC)c1)O[C@H]1CN(C(=O)c3ccccc3-c3nn[nH]n3)C[C@@H]1NC2=O. The van der Waals surface area contributed by atoms with E-state index in [1.54, 1.807) is 59.5 Å². The Morgan fingerprint density at radius 2 is 1.75 bits per heavy atom. The molecule has 250 valence electrons. The van der Waals surface area contributed by atoms with Crippen molar-refractivity contribution in [3.63, 3.8) is 0 Å². The summed E-state index contributed by atoms with van der Waals surface area (Å²) in [6.07, 6.45) is -0.635. The first-order valence-corrected chi connectivity index (χ1v) is 14.7. The maximum Gasteiger partial charge on any atom is 0.300 e. The van der Waals surface area contributed by atoms with Crippen molar-refractivity contribution in [3.8, 4) is 34.4 Å². The van der Waals surface area contributed by atoms with Crippen molar-refractivity contribution in [2.45, 2.75) is 25.6 Å². The second kappa shape index (κ2) is 14.9. The molecule has 3 aliphatic rings. The third kappa shape index (κ3) is 7.78. The van der Waals surface area contributed by atoms with Crippen molar-refractivity contribution in [1.29, 1.82) is 0 Å². The maximum absolute atomic E-state index is 13.9. The molecule has 0 saturated carbocycles. The zero-order chi connectivity index (χ0) is 34.2. The summed E-state index contributed by atoms with van der Waals surface area (Å²) in [6, 6.07) is 16.4. The number of aromatic amines is 1. The molecule has 3 aromatic carbocycles. The van der Waals surface area contributed by atoms with Crippen LogP contribution in [0.5, 0.6) is 23.0 Å². The highest BCUT2D eigenvalue weighted by atomic mass is 16.5. The molecule has 4 N–H and O–H groups in total. The van der Waals surface area contributed by atoms with E-state index < -0.39 is 24.0 Å². The Balaban J connectivity index is 0.00000107. The van der Waals surface area contributed by atoms with Crippen LogP contribution in [0.4, 0.5) is 0 Å². The standard InChI is InChI=1S/C30H29N7O7.C2H4O2/c1-41-22-10-8-18-12-25(22)43-16-27(38)31-13-17-7-9-23(24(11-17)42-2)44-26-15-37(14-21(26)32-29(18)39)30(40)20-6-4-3-5-19(20)28-33-35-36-34-28;1-2(3)4/h3-12,21,26H,13-16H2,1-2H3,(H,31,38)(H,32,39)(H,33,34,35,36);1H3,(H,3,4)/t21-,26-;/m0./s1. The molecule has 1 saturated heterocycles. The highest BCUT2D eigenvalue weighted by molar-refractivity contribution is 6.00. The lowest BCUT2D eigenvalue weighted by Gasteiger charge is -2.22. The average Bonchev–Trinajstić information content (AvgIpc) is 3.76. The van der Waals surface area contributed by atoms with E-state index in [0.29, 0.717) is 28.4 Å². The predicted octanol–water partition coefficient (Wildman–Crippen LogP) is 1.69. The van der Waals surface area contributed by atoms with Gasteiger partial charge in [0.1, 0.15) is 6.10 Å². The number of nitrogens with one attached hydrogen (secondary N) is 3. The number of carbonyl (C=O) groups excluding carboxylic acids is 3. The highest BCUT2D eigenvalue weighted by Gasteiger charge is 2.39. The lowest BCUT2D eigenvalue weighted by atomic mass is 10.1. The fraction of sp³-hybridized carbons (Fsp3) is 0.281. The molecule has 1 fully saturated rings. The van der Waals surface area contributed by atoms with Gasteiger partial charge in [-0.05, 0) is 47.2 Å². The number of carbonyl (C=O) groups is 4. The molecule has 16 heteroatoms. The minimum absolute atomic E-state index is 0.161. The molecule has 3 aliphatic heterocycles. The van der Waals surface area contributed by atoms with Gasteiger partial charge in [-0.1, -0.05) is 24.3 Å². The van der Waals surface area contributed by atoms with Crippen molar-refractivity contribution in [1.82, 2.24) is 36.2 Å². The van der Waals surface area contributed by atoms with Gasteiger partial charge in [0.25, 0.3) is 23.7 Å². The van der Waals surface area contributed by atoms with E-state index in [1.807, 2.05) is 0 Å². The molecule has 0 aliphatic carbocycles. The summed E-state index contributed by atoms with van der Waals surface area (Å²) in [7, 11) is 2.98. The molecule has 1 aromatic heterocycles.